The minimum atomic E-state index is -0.105. The molecule has 0 aliphatic rings. The van der Waals surface area contributed by atoms with Crippen molar-refractivity contribution in [2.24, 2.45) is 10.7 Å². The van der Waals surface area contributed by atoms with Gasteiger partial charge >= 0.3 is 0 Å². The lowest BCUT2D eigenvalue weighted by atomic mass is 10.1. The molecule has 0 saturated carbocycles. The molecule has 120 valence electrons. The summed E-state index contributed by atoms with van der Waals surface area (Å²) in [7, 11) is 0. The number of aliphatic imine (C=N–C) groups is 1. The van der Waals surface area contributed by atoms with E-state index in [1.807, 2.05) is 50.6 Å². The Hall–Kier alpha value is -1.64. The molecule has 2 aromatic heterocycles. The standard InChI is InChI=1S/C15H22N6.HI/c1-11-17-8-9-21(11)13-12(6-5-7-18-13)10-19-14(16)20-15(2,3)4;/h5-9H,10H2,1-4H3,(H3,16,19,20);1H. The van der Waals surface area contributed by atoms with Crippen LogP contribution in [-0.4, -0.2) is 26.0 Å². The van der Waals surface area contributed by atoms with E-state index in [1.54, 1.807) is 12.4 Å². The summed E-state index contributed by atoms with van der Waals surface area (Å²) in [5, 5.41) is 3.14. The van der Waals surface area contributed by atoms with Crippen LogP contribution in [0.4, 0.5) is 0 Å². The lowest BCUT2D eigenvalue weighted by Crippen LogP contribution is -2.45. The molecule has 0 aliphatic carbocycles. The molecule has 3 N–H and O–H groups in total. The van der Waals surface area contributed by atoms with Crippen molar-refractivity contribution in [2.75, 3.05) is 0 Å². The van der Waals surface area contributed by atoms with Gasteiger partial charge in [-0.25, -0.2) is 15.0 Å². The van der Waals surface area contributed by atoms with Crippen LogP contribution in [0.15, 0.2) is 35.7 Å². The minimum Gasteiger partial charge on any atom is -0.370 e. The summed E-state index contributed by atoms with van der Waals surface area (Å²) in [5.41, 5.74) is 6.80. The number of nitrogens with one attached hydrogen (secondary N) is 1. The van der Waals surface area contributed by atoms with Crippen molar-refractivity contribution in [2.45, 2.75) is 39.8 Å². The Labute approximate surface area is 148 Å². The third-order valence-corrected chi connectivity index (χ3v) is 2.84. The maximum absolute atomic E-state index is 5.91. The predicted molar refractivity (Wildman–Crippen MR) is 99.7 cm³/mol. The van der Waals surface area contributed by atoms with E-state index in [2.05, 4.69) is 20.3 Å². The van der Waals surface area contributed by atoms with Gasteiger partial charge in [0.25, 0.3) is 0 Å². The molecule has 0 atom stereocenters. The molecule has 0 aromatic carbocycles. The third-order valence-electron chi connectivity index (χ3n) is 2.84. The first-order valence-corrected chi connectivity index (χ1v) is 6.89. The van der Waals surface area contributed by atoms with Crippen LogP contribution in [0.25, 0.3) is 5.82 Å². The Morgan fingerprint density at radius 2 is 2.05 bits per heavy atom. The van der Waals surface area contributed by atoms with Gasteiger partial charge in [-0.3, -0.25) is 4.57 Å². The quantitative estimate of drug-likeness (QED) is 0.459. The van der Waals surface area contributed by atoms with Gasteiger partial charge in [0.05, 0.1) is 6.54 Å². The molecular weight excluding hydrogens is 391 g/mol. The monoisotopic (exact) mass is 414 g/mol. The van der Waals surface area contributed by atoms with Crippen molar-refractivity contribution in [3.05, 3.63) is 42.1 Å². The number of imidazole rings is 1. The largest absolute Gasteiger partial charge is 0.370 e. The van der Waals surface area contributed by atoms with Gasteiger partial charge in [-0.2, -0.15) is 0 Å². The van der Waals surface area contributed by atoms with Crippen LogP contribution in [0.3, 0.4) is 0 Å². The number of pyridine rings is 1. The number of halogens is 1. The van der Waals surface area contributed by atoms with E-state index in [0.717, 1.165) is 17.2 Å². The summed E-state index contributed by atoms with van der Waals surface area (Å²) in [4.78, 5) is 13.0. The molecule has 6 nitrogen and oxygen atoms in total. The van der Waals surface area contributed by atoms with Gasteiger partial charge < -0.3 is 11.1 Å². The Kier molecular flexibility index (Phi) is 6.34. The number of rotatable bonds is 3. The second-order valence-corrected chi connectivity index (χ2v) is 5.91. The average Bonchev–Trinajstić information content (AvgIpc) is 2.81. The topological polar surface area (TPSA) is 81.1 Å². The van der Waals surface area contributed by atoms with E-state index in [9.17, 15) is 0 Å². The minimum absolute atomic E-state index is 0. The fourth-order valence-corrected chi connectivity index (χ4v) is 1.97. The molecule has 0 unspecified atom stereocenters. The van der Waals surface area contributed by atoms with E-state index >= 15 is 0 Å². The smallest absolute Gasteiger partial charge is 0.189 e. The fraction of sp³-hybridized carbons (Fsp3) is 0.400. The molecule has 0 saturated heterocycles. The maximum Gasteiger partial charge on any atom is 0.189 e. The first kappa shape index (κ1) is 18.4. The molecular formula is C15H23IN6. The second kappa shape index (κ2) is 7.57. The third kappa shape index (κ3) is 4.97. The highest BCUT2D eigenvalue weighted by molar-refractivity contribution is 14.0. The summed E-state index contributed by atoms with van der Waals surface area (Å²) in [6.07, 6.45) is 5.41. The highest BCUT2D eigenvalue weighted by atomic mass is 127. The fourth-order valence-electron chi connectivity index (χ4n) is 1.97. The van der Waals surface area contributed by atoms with E-state index < -0.39 is 0 Å². The molecule has 2 heterocycles. The molecule has 7 heteroatoms. The summed E-state index contributed by atoms with van der Waals surface area (Å²) in [5.74, 6) is 2.15. The van der Waals surface area contributed by atoms with Crippen LogP contribution in [0, 0.1) is 6.92 Å². The zero-order valence-electron chi connectivity index (χ0n) is 13.4. The number of nitrogens with two attached hydrogens (primary N) is 1. The molecule has 0 spiro atoms. The van der Waals surface area contributed by atoms with Crippen LogP contribution < -0.4 is 11.1 Å². The van der Waals surface area contributed by atoms with Gasteiger partial charge in [-0.1, -0.05) is 6.07 Å². The molecule has 2 rings (SSSR count). The van der Waals surface area contributed by atoms with Crippen LogP contribution in [0.2, 0.25) is 0 Å². The van der Waals surface area contributed by atoms with Crippen molar-refractivity contribution in [3.8, 4) is 5.82 Å². The summed E-state index contributed by atoms with van der Waals surface area (Å²) >= 11 is 0. The van der Waals surface area contributed by atoms with Gasteiger partial charge in [0, 0.05) is 29.7 Å². The van der Waals surface area contributed by atoms with E-state index in [0.29, 0.717) is 12.5 Å². The van der Waals surface area contributed by atoms with Crippen LogP contribution >= 0.6 is 24.0 Å². The van der Waals surface area contributed by atoms with Crippen molar-refractivity contribution >= 4 is 29.9 Å². The van der Waals surface area contributed by atoms with E-state index in [-0.39, 0.29) is 29.5 Å². The molecule has 22 heavy (non-hydrogen) atoms. The normalized spacial score (nSPS) is 11.9. The molecule has 0 radical (unpaired) electrons. The predicted octanol–water partition coefficient (Wildman–Crippen LogP) is 2.40. The first-order chi connectivity index (χ1) is 9.87. The average molecular weight is 414 g/mol. The molecule has 0 fully saturated rings. The Bertz CT molecular complexity index is 641. The Morgan fingerprint density at radius 3 is 2.64 bits per heavy atom. The SMILES string of the molecule is Cc1nccn1-c1ncccc1CN=C(N)NC(C)(C)C.I. The van der Waals surface area contributed by atoms with E-state index in [1.165, 1.54) is 0 Å². The number of nitrogens with zero attached hydrogens (tertiary/aromatic N) is 4. The van der Waals surface area contributed by atoms with Crippen molar-refractivity contribution in [3.63, 3.8) is 0 Å². The van der Waals surface area contributed by atoms with Crippen LogP contribution in [0.1, 0.15) is 32.2 Å². The lowest BCUT2D eigenvalue weighted by Gasteiger charge is -2.21. The summed E-state index contributed by atoms with van der Waals surface area (Å²) < 4.78 is 1.94. The molecule has 0 aliphatic heterocycles. The zero-order chi connectivity index (χ0) is 15.5. The second-order valence-electron chi connectivity index (χ2n) is 5.91. The van der Waals surface area contributed by atoms with Gasteiger partial charge in [0.2, 0.25) is 0 Å². The van der Waals surface area contributed by atoms with Gasteiger partial charge in [0.15, 0.2) is 5.96 Å². The van der Waals surface area contributed by atoms with Crippen LogP contribution in [0.5, 0.6) is 0 Å². The van der Waals surface area contributed by atoms with Crippen molar-refractivity contribution in [1.29, 1.82) is 0 Å². The van der Waals surface area contributed by atoms with E-state index in [4.69, 9.17) is 5.73 Å². The number of aromatic nitrogens is 3. The lowest BCUT2D eigenvalue weighted by molar-refractivity contribution is 0.508. The zero-order valence-corrected chi connectivity index (χ0v) is 15.7. The number of aryl methyl sites for hydroxylation is 1. The molecule has 2 aromatic rings. The number of guanidine groups is 1. The van der Waals surface area contributed by atoms with Crippen molar-refractivity contribution in [1.82, 2.24) is 19.9 Å². The maximum atomic E-state index is 5.91. The summed E-state index contributed by atoms with van der Waals surface area (Å²) in [6, 6.07) is 3.89. The number of hydrogen-bond donors (Lipinski definition) is 2. The van der Waals surface area contributed by atoms with Crippen molar-refractivity contribution < 1.29 is 0 Å². The number of hydrogen-bond acceptors (Lipinski definition) is 3. The Balaban J connectivity index is 0.00000242. The highest BCUT2D eigenvalue weighted by Crippen LogP contribution is 2.14. The molecule has 0 bridgehead atoms. The van der Waals surface area contributed by atoms with Gasteiger partial charge in [-0.15, -0.1) is 24.0 Å². The summed E-state index contributed by atoms with van der Waals surface area (Å²) in [6.45, 7) is 8.53. The Morgan fingerprint density at radius 1 is 1.32 bits per heavy atom. The highest BCUT2D eigenvalue weighted by Gasteiger charge is 2.11. The molecule has 0 amide bonds. The van der Waals surface area contributed by atoms with Gasteiger partial charge in [0.1, 0.15) is 11.6 Å². The van der Waals surface area contributed by atoms with Gasteiger partial charge in [-0.05, 0) is 33.8 Å². The first-order valence-electron chi connectivity index (χ1n) is 6.89. The van der Waals surface area contributed by atoms with Crippen LogP contribution in [-0.2, 0) is 6.54 Å².